The lowest BCUT2D eigenvalue weighted by atomic mass is 10.1. The molecule has 0 heterocycles. The molecular weight excluding hydrogens is 307 g/mol. The largest absolute Gasteiger partial charge is 0.545 e. The van der Waals surface area contributed by atoms with E-state index in [4.69, 9.17) is 4.74 Å². The summed E-state index contributed by atoms with van der Waals surface area (Å²) < 4.78 is 19.4. The Balaban J connectivity index is 2.08. The number of aromatic carboxylic acids is 1. The van der Waals surface area contributed by atoms with Crippen molar-refractivity contribution in [3.63, 3.8) is 0 Å². The maximum absolute atomic E-state index is 13.8. The van der Waals surface area contributed by atoms with E-state index in [1.165, 1.54) is 0 Å². The molecule has 0 atom stereocenters. The Morgan fingerprint density at radius 2 is 1.83 bits per heavy atom. The van der Waals surface area contributed by atoms with Gasteiger partial charge in [-0.25, -0.2) is 4.39 Å². The number of carbonyl (C=O) groups is 1. The fraction of sp³-hybridized carbons (Fsp3) is 0.150. The molecule has 0 saturated carbocycles. The Labute approximate surface area is 140 Å². The van der Waals surface area contributed by atoms with Crippen molar-refractivity contribution < 1.29 is 19.0 Å². The van der Waals surface area contributed by atoms with Crippen LogP contribution in [0.1, 0.15) is 29.8 Å². The van der Waals surface area contributed by atoms with Gasteiger partial charge in [0.25, 0.3) is 0 Å². The van der Waals surface area contributed by atoms with Crippen molar-refractivity contribution in [1.82, 2.24) is 0 Å². The van der Waals surface area contributed by atoms with Gasteiger partial charge in [0.2, 0.25) is 0 Å². The maximum atomic E-state index is 13.8. The van der Waals surface area contributed by atoms with Crippen LogP contribution in [0.2, 0.25) is 0 Å². The molecule has 0 unspecified atom stereocenters. The number of rotatable bonds is 6. The van der Waals surface area contributed by atoms with Crippen LogP contribution in [0.5, 0.6) is 5.75 Å². The number of benzene rings is 2. The Morgan fingerprint density at radius 1 is 1.12 bits per heavy atom. The van der Waals surface area contributed by atoms with Gasteiger partial charge in [0.15, 0.2) is 11.6 Å². The maximum Gasteiger partial charge on any atom is 0.165 e. The predicted octanol–water partition coefficient (Wildman–Crippen LogP) is 3.62. The minimum atomic E-state index is -1.38. The third-order valence-electron chi connectivity index (χ3n) is 3.24. The molecule has 2 rings (SSSR count). The van der Waals surface area contributed by atoms with E-state index in [2.05, 4.69) is 0 Å². The van der Waals surface area contributed by atoms with Gasteiger partial charge in [-0.3, -0.25) is 0 Å². The van der Waals surface area contributed by atoms with E-state index in [-0.39, 0.29) is 11.3 Å². The Kier molecular flexibility index (Phi) is 5.53. The molecular formula is C20H18FO3-. The lowest BCUT2D eigenvalue weighted by Crippen LogP contribution is -2.26. The fourth-order valence-corrected chi connectivity index (χ4v) is 2.04. The second kappa shape index (κ2) is 7.59. The van der Waals surface area contributed by atoms with Gasteiger partial charge in [0.1, 0.15) is 5.60 Å². The van der Waals surface area contributed by atoms with Gasteiger partial charge in [0, 0.05) is 5.56 Å². The first kappa shape index (κ1) is 17.5. The van der Waals surface area contributed by atoms with Crippen molar-refractivity contribution in [1.29, 1.82) is 0 Å². The summed E-state index contributed by atoms with van der Waals surface area (Å²) in [5.74, 6) is -2.13. The van der Waals surface area contributed by atoms with Gasteiger partial charge in [0.05, 0.1) is 5.97 Å². The second-order valence-electron chi connectivity index (χ2n) is 5.77. The first-order valence-electron chi connectivity index (χ1n) is 7.48. The Bertz CT molecular complexity index is 762. The molecule has 0 N–H and O–H groups in total. The summed E-state index contributed by atoms with van der Waals surface area (Å²) in [5, 5.41) is 10.9. The second-order valence-corrected chi connectivity index (χ2v) is 5.77. The van der Waals surface area contributed by atoms with E-state index >= 15 is 0 Å². The lowest BCUT2D eigenvalue weighted by Gasteiger charge is -2.23. The van der Waals surface area contributed by atoms with Crippen molar-refractivity contribution in [3.05, 3.63) is 83.7 Å². The summed E-state index contributed by atoms with van der Waals surface area (Å²) >= 11 is 0. The third kappa shape index (κ3) is 5.09. The lowest BCUT2D eigenvalue weighted by molar-refractivity contribution is -0.255. The highest BCUT2D eigenvalue weighted by Gasteiger charge is 2.18. The predicted molar refractivity (Wildman–Crippen MR) is 90.1 cm³/mol. The zero-order chi connectivity index (χ0) is 17.6. The van der Waals surface area contributed by atoms with E-state index in [0.29, 0.717) is 0 Å². The van der Waals surface area contributed by atoms with Crippen LogP contribution < -0.4 is 9.84 Å². The zero-order valence-corrected chi connectivity index (χ0v) is 13.5. The smallest absolute Gasteiger partial charge is 0.165 e. The van der Waals surface area contributed by atoms with Crippen molar-refractivity contribution in [2.45, 2.75) is 19.4 Å². The summed E-state index contributed by atoms with van der Waals surface area (Å²) in [7, 11) is 0. The van der Waals surface area contributed by atoms with Crippen molar-refractivity contribution >= 4 is 12.0 Å². The number of carboxylic acid groups (broad SMARTS) is 1. The molecule has 2 aromatic carbocycles. The Hall–Kier alpha value is -2.88. The molecule has 0 fully saturated rings. The molecule has 0 aromatic heterocycles. The summed E-state index contributed by atoms with van der Waals surface area (Å²) in [6.07, 6.45) is 7.35. The fourth-order valence-electron chi connectivity index (χ4n) is 2.04. The van der Waals surface area contributed by atoms with Gasteiger partial charge in [-0.15, -0.1) is 0 Å². The van der Waals surface area contributed by atoms with E-state index in [9.17, 15) is 14.3 Å². The SMILES string of the molecule is CC(C)(/C=C/C=C\c1ccccc1)Oc1cc(C(=O)[O-])ccc1F. The minimum Gasteiger partial charge on any atom is -0.545 e. The molecule has 24 heavy (non-hydrogen) atoms. The van der Waals surface area contributed by atoms with Crippen LogP contribution in [-0.2, 0) is 0 Å². The van der Waals surface area contributed by atoms with Gasteiger partial charge in [-0.05, 0) is 43.7 Å². The average Bonchev–Trinajstić information content (AvgIpc) is 2.54. The van der Waals surface area contributed by atoms with Crippen LogP contribution in [0.15, 0.2) is 66.8 Å². The summed E-state index contributed by atoms with van der Waals surface area (Å²) in [4.78, 5) is 10.9. The number of ether oxygens (including phenoxy) is 1. The van der Waals surface area contributed by atoms with Crippen LogP contribution in [0.3, 0.4) is 0 Å². The summed E-state index contributed by atoms with van der Waals surface area (Å²) in [6, 6.07) is 13.1. The van der Waals surface area contributed by atoms with Gasteiger partial charge < -0.3 is 14.6 Å². The normalized spacial score (nSPS) is 12.0. The van der Waals surface area contributed by atoms with Gasteiger partial charge >= 0.3 is 0 Å². The molecule has 3 nitrogen and oxygen atoms in total. The summed E-state index contributed by atoms with van der Waals surface area (Å²) in [5.41, 5.74) is 0.121. The molecule has 0 aliphatic heterocycles. The number of hydrogen-bond donors (Lipinski definition) is 0. The first-order chi connectivity index (χ1) is 11.4. The molecule has 0 amide bonds. The quantitative estimate of drug-likeness (QED) is 0.762. The molecule has 0 aliphatic carbocycles. The number of allylic oxidation sites excluding steroid dienone is 2. The Morgan fingerprint density at radius 3 is 2.50 bits per heavy atom. The van der Waals surface area contributed by atoms with E-state index in [0.717, 1.165) is 23.8 Å². The van der Waals surface area contributed by atoms with E-state index in [1.807, 2.05) is 42.5 Å². The first-order valence-corrected chi connectivity index (χ1v) is 7.48. The molecule has 0 spiro atoms. The highest BCUT2D eigenvalue weighted by atomic mass is 19.1. The number of hydrogen-bond acceptors (Lipinski definition) is 3. The van der Waals surface area contributed by atoms with Gasteiger partial charge in [-0.1, -0.05) is 48.6 Å². The van der Waals surface area contributed by atoms with Crippen LogP contribution in [0, 0.1) is 5.82 Å². The summed E-state index contributed by atoms with van der Waals surface area (Å²) in [6.45, 7) is 3.51. The van der Waals surface area contributed by atoms with Gasteiger partial charge in [-0.2, -0.15) is 0 Å². The minimum absolute atomic E-state index is 0.126. The molecule has 124 valence electrons. The number of carboxylic acids is 1. The van der Waals surface area contributed by atoms with Crippen molar-refractivity contribution in [2.75, 3.05) is 0 Å². The highest BCUT2D eigenvalue weighted by molar-refractivity contribution is 5.86. The molecule has 0 radical (unpaired) electrons. The number of halogens is 1. The zero-order valence-electron chi connectivity index (χ0n) is 13.5. The van der Waals surface area contributed by atoms with Crippen LogP contribution in [0.4, 0.5) is 4.39 Å². The molecule has 4 heteroatoms. The number of carbonyl (C=O) groups excluding carboxylic acids is 1. The molecule has 0 bridgehead atoms. The van der Waals surface area contributed by atoms with Crippen molar-refractivity contribution in [2.24, 2.45) is 0 Å². The molecule has 2 aromatic rings. The monoisotopic (exact) mass is 325 g/mol. The average molecular weight is 325 g/mol. The van der Waals surface area contributed by atoms with Crippen LogP contribution in [-0.4, -0.2) is 11.6 Å². The molecule has 0 aliphatic rings. The van der Waals surface area contributed by atoms with Crippen LogP contribution in [0.25, 0.3) is 6.08 Å². The third-order valence-corrected chi connectivity index (χ3v) is 3.24. The molecule has 0 saturated heterocycles. The van der Waals surface area contributed by atoms with Crippen molar-refractivity contribution in [3.8, 4) is 5.75 Å². The van der Waals surface area contributed by atoms with E-state index in [1.54, 1.807) is 26.0 Å². The highest BCUT2D eigenvalue weighted by Crippen LogP contribution is 2.24. The topological polar surface area (TPSA) is 49.4 Å². The van der Waals surface area contributed by atoms with Crippen LogP contribution >= 0.6 is 0 Å². The standard InChI is InChI=1S/C20H19FO3/c1-20(2,13-7-6-10-15-8-4-3-5-9-15)24-18-14-16(19(22)23)11-12-17(18)21/h3-14H,1-2H3,(H,22,23)/p-1/b10-6-,13-7+. The van der Waals surface area contributed by atoms with E-state index < -0.39 is 17.4 Å².